The fourth-order valence-corrected chi connectivity index (χ4v) is 9.68. The zero-order valence-electron chi connectivity index (χ0n) is 33.8. The van der Waals surface area contributed by atoms with Crippen LogP contribution in [0.1, 0.15) is 25.0 Å². The molecule has 0 saturated heterocycles. The van der Waals surface area contributed by atoms with Crippen LogP contribution >= 0.6 is 0 Å². The molecule has 60 heavy (non-hydrogen) atoms. The second-order valence-corrected chi connectivity index (χ2v) is 16.5. The second kappa shape index (κ2) is 14.4. The van der Waals surface area contributed by atoms with Gasteiger partial charge in [-0.3, -0.25) is 0 Å². The van der Waals surface area contributed by atoms with E-state index in [1.165, 1.54) is 88.3 Å². The number of nitrogens with zero attached hydrogens (tertiary/aromatic N) is 1. The van der Waals surface area contributed by atoms with E-state index in [0.717, 1.165) is 17.1 Å². The summed E-state index contributed by atoms with van der Waals surface area (Å²) >= 11 is 0. The van der Waals surface area contributed by atoms with Crippen molar-refractivity contribution in [2.24, 2.45) is 0 Å². The normalized spacial score (nSPS) is 12.6. The lowest BCUT2D eigenvalue weighted by Crippen LogP contribution is -2.14. The van der Waals surface area contributed by atoms with Gasteiger partial charge >= 0.3 is 0 Å². The molecule has 1 aliphatic carbocycles. The Bertz CT molecular complexity index is 3190. The molecule has 284 valence electrons. The van der Waals surface area contributed by atoms with Gasteiger partial charge in [0, 0.05) is 22.2 Å². The first-order valence-electron chi connectivity index (χ1n) is 20.9. The van der Waals surface area contributed by atoms with Crippen LogP contribution in [0.25, 0.3) is 77.2 Å². The average Bonchev–Trinajstić information content (AvgIpc) is 3.55. The summed E-state index contributed by atoms with van der Waals surface area (Å²) in [6.45, 7) is 4.72. The number of rotatable bonds is 7. The average molecular weight is 766 g/mol. The Kier molecular flexibility index (Phi) is 8.57. The summed E-state index contributed by atoms with van der Waals surface area (Å²) in [5.41, 5.74) is 18.5. The van der Waals surface area contributed by atoms with E-state index in [-0.39, 0.29) is 5.41 Å². The lowest BCUT2D eigenvalue weighted by Gasteiger charge is -2.28. The van der Waals surface area contributed by atoms with Crippen LogP contribution in [-0.4, -0.2) is 0 Å². The van der Waals surface area contributed by atoms with Gasteiger partial charge < -0.3 is 4.90 Å². The highest BCUT2D eigenvalue weighted by Gasteiger charge is 2.36. The number of anilines is 3. The van der Waals surface area contributed by atoms with Crippen molar-refractivity contribution in [1.29, 1.82) is 0 Å². The molecule has 0 spiro atoms. The maximum Gasteiger partial charge on any atom is 0.0540 e. The highest BCUT2D eigenvalue weighted by atomic mass is 15.1. The van der Waals surface area contributed by atoms with Gasteiger partial charge in [-0.05, 0) is 113 Å². The van der Waals surface area contributed by atoms with Crippen LogP contribution in [-0.2, 0) is 5.41 Å². The van der Waals surface area contributed by atoms with Gasteiger partial charge in [-0.1, -0.05) is 208 Å². The maximum absolute atomic E-state index is 2.43. The summed E-state index contributed by atoms with van der Waals surface area (Å²) in [6.07, 6.45) is 0. The molecule has 0 saturated carbocycles. The molecular formula is C59H43N. The summed E-state index contributed by atoms with van der Waals surface area (Å²) in [7, 11) is 0. The Morgan fingerprint density at radius 1 is 0.300 bits per heavy atom. The lowest BCUT2D eigenvalue weighted by atomic mass is 9.82. The van der Waals surface area contributed by atoms with Gasteiger partial charge in [0.1, 0.15) is 0 Å². The Morgan fingerprint density at radius 3 is 1.50 bits per heavy atom. The standard InChI is InChI=1S/C59H43N/c1-59(2)55-24-11-10-21-54(55)58-53(23-13-25-56(58)59)51-38-39-57(52-20-9-8-19-50(51)52)60(47-36-32-45(33-37-47)49-22-12-17-44-16-6-7-18-48(44)49)46-34-30-43(31-35-46)42-28-26-41(27-29-42)40-14-4-3-5-15-40/h3-39H,1-2H3. The summed E-state index contributed by atoms with van der Waals surface area (Å²) in [4.78, 5) is 2.43. The fourth-order valence-electron chi connectivity index (χ4n) is 9.68. The van der Waals surface area contributed by atoms with Crippen LogP contribution in [0.2, 0.25) is 0 Å². The zero-order chi connectivity index (χ0) is 40.2. The van der Waals surface area contributed by atoms with Crippen LogP contribution in [0.4, 0.5) is 17.1 Å². The van der Waals surface area contributed by atoms with Crippen molar-refractivity contribution < 1.29 is 0 Å². The lowest BCUT2D eigenvalue weighted by molar-refractivity contribution is 0.660. The molecule has 0 aliphatic heterocycles. The fraction of sp³-hybridized carbons (Fsp3) is 0.0508. The Hall–Kier alpha value is -7.48. The number of hydrogen-bond acceptors (Lipinski definition) is 1. The monoisotopic (exact) mass is 765 g/mol. The van der Waals surface area contributed by atoms with Crippen molar-refractivity contribution in [2.45, 2.75) is 19.3 Å². The van der Waals surface area contributed by atoms with Gasteiger partial charge in [-0.2, -0.15) is 0 Å². The van der Waals surface area contributed by atoms with E-state index in [1.54, 1.807) is 0 Å². The van der Waals surface area contributed by atoms with Gasteiger partial charge in [0.25, 0.3) is 0 Å². The molecule has 0 fully saturated rings. The van der Waals surface area contributed by atoms with E-state index in [2.05, 4.69) is 243 Å². The Balaban J connectivity index is 1.04. The molecule has 1 nitrogen and oxygen atoms in total. The van der Waals surface area contributed by atoms with E-state index in [1.807, 2.05) is 0 Å². The minimum absolute atomic E-state index is 0.0667. The van der Waals surface area contributed by atoms with Gasteiger partial charge in [0.05, 0.1) is 5.69 Å². The summed E-state index contributed by atoms with van der Waals surface area (Å²) in [6, 6.07) is 82.3. The first kappa shape index (κ1) is 35.7. The van der Waals surface area contributed by atoms with Gasteiger partial charge in [-0.25, -0.2) is 0 Å². The smallest absolute Gasteiger partial charge is 0.0540 e. The molecular weight excluding hydrogens is 723 g/mol. The maximum atomic E-state index is 2.43. The number of hydrogen-bond donors (Lipinski definition) is 0. The first-order valence-corrected chi connectivity index (χ1v) is 20.9. The minimum atomic E-state index is -0.0667. The molecule has 0 amide bonds. The third-order valence-corrected chi connectivity index (χ3v) is 12.7. The van der Waals surface area contributed by atoms with Crippen molar-refractivity contribution in [3.05, 3.63) is 236 Å². The molecule has 0 atom stereocenters. The zero-order valence-corrected chi connectivity index (χ0v) is 33.8. The largest absolute Gasteiger partial charge is 0.310 e. The SMILES string of the molecule is CC1(C)c2ccccc2-c2c(-c3ccc(N(c4ccc(-c5ccc(-c6ccccc6)cc5)cc4)c4ccc(-c5cccc6ccccc56)cc4)c4ccccc34)cccc21. The highest BCUT2D eigenvalue weighted by Crippen LogP contribution is 2.53. The highest BCUT2D eigenvalue weighted by molar-refractivity contribution is 6.09. The van der Waals surface area contributed by atoms with E-state index >= 15 is 0 Å². The molecule has 1 aliphatic rings. The summed E-state index contributed by atoms with van der Waals surface area (Å²) in [5.74, 6) is 0. The molecule has 0 aromatic heterocycles. The van der Waals surface area contributed by atoms with Crippen molar-refractivity contribution in [3.8, 4) is 55.6 Å². The summed E-state index contributed by atoms with van der Waals surface area (Å²) < 4.78 is 0. The molecule has 11 rings (SSSR count). The topological polar surface area (TPSA) is 3.24 Å². The van der Waals surface area contributed by atoms with Crippen molar-refractivity contribution in [2.75, 3.05) is 4.90 Å². The first-order chi connectivity index (χ1) is 29.5. The quantitative estimate of drug-likeness (QED) is 0.156. The van der Waals surface area contributed by atoms with Gasteiger partial charge in [0.2, 0.25) is 0 Å². The molecule has 0 radical (unpaired) electrons. The van der Waals surface area contributed by atoms with E-state index in [0.29, 0.717) is 0 Å². The Morgan fingerprint density at radius 2 is 0.783 bits per heavy atom. The van der Waals surface area contributed by atoms with Gasteiger partial charge in [-0.15, -0.1) is 0 Å². The predicted octanol–water partition coefficient (Wildman–Crippen LogP) is 16.4. The number of benzene rings is 10. The van der Waals surface area contributed by atoms with Crippen LogP contribution in [0, 0.1) is 0 Å². The van der Waals surface area contributed by atoms with Gasteiger partial charge in [0.15, 0.2) is 0 Å². The second-order valence-electron chi connectivity index (χ2n) is 16.5. The molecule has 10 aromatic carbocycles. The molecule has 0 N–H and O–H groups in total. The number of fused-ring (bicyclic) bond motifs is 5. The third kappa shape index (κ3) is 5.93. The van der Waals surface area contributed by atoms with Crippen molar-refractivity contribution in [3.63, 3.8) is 0 Å². The van der Waals surface area contributed by atoms with Crippen LogP contribution < -0.4 is 4.90 Å². The molecule has 0 bridgehead atoms. The molecule has 10 aromatic rings. The molecule has 0 unspecified atom stereocenters. The molecule has 0 heterocycles. The Labute approximate surface area is 352 Å². The van der Waals surface area contributed by atoms with Crippen LogP contribution in [0.15, 0.2) is 224 Å². The predicted molar refractivity (Wildman–Crippen MR) is 255 cm³/mol. The van der Waals surface area contributed by atoms with Crippen molar-refractivity contribution in [1.82, 2.24) is 0 Å². The minimum Gasteiger partial charge on any atom is -0.310 e. The molecule has 1 heteroatoms. The van der Waals surface area contributed by atoms with E-state index < -0.39 is 0 Å². The van der Waals surface area contributed by atoms with E-state index in [4.69, 9.17) is 0 Å². The van der Waals surface area contributed by atoms with Crippen LogP contribution in [0.3, 0.4) is 0 Å². The van der Waals surface area contributed by atoms with Crippen molar-refractivity contribution >= 4 is 38.6 Å². The summed E-state index contributed by atoms with van der Waals surface area (Å²) in [5, 5.41) is 4.95. The third-order valence-electron chi connectivity index (χ3n) is 12.7. The van der Waals surface area contributed by atoms with Crippen LogP contribution in [0.5, 0.6) is 0 Å². The van der Waals surface area contributed by atoms with E-state index in [9.17, 15) is 0 Å².